The van der Waals surface area contributed by atoms with Crippen molar-refractivity contribution in [3.63, 3.8) is 0 Å². The summed E-state index contributed by atoms with van der Waals surface area (Å²) in [5, 5.41) is 15.5. The second-order valence-electron chi connectivity index (χ2n) is 7.99. The van der Waals surface area contributed by atoms with Crippen molar-refractivity contribution in [1.29, 1.82) is 5.26 Å². The Labute approximate surface area is 221 Å². The molecule has 5 N–H and O–H groups in total. The molecule has 0 unspecified atom stereocenters. The summed E-state index contributed by atoms with van der Waals surface area (Å²) in [6.45, 7) is 0.0973. The van der Waals surface area contributed by atoms with E-state index >= 15 is 4.39 Å². The van der Waals surface area contributed by atoms with Crippen LogP contribution in [0.15, 0.2) is 54.6 Å². The summed E-state index contributed by atoms with van der Waals surface area (Å²) in [5.74, 6) is -1.54. The number of hydrogen-bond donors (Lipinski definition) is 4. The van der Waals surface area contributed by atoms with Crippen molar-refractivity contribution >= 4 is 51.6 Å². The quantitative estimate of drug-likeness (QED) is 0.235. The molecule has 2 amide bonds. The Hall–Kier alpha value is -4.10. The van der Waals surface area contributed by atoms with Crippen LogP contribution in [-0.4, -0.2) is 23.3 Å². The molecule has 37 heavy (non-hydrogen) atoms. The zero-order chi connectivity index (χ0) is 26.5. The van der Waals surface area contributed by atoms with Gasteiger partial charge >= 0.3 is 0 Å². The van der Waals surface area contributed by atoms with Crippen LogP contribution in [0.5, 0.6) is 11.5 Å². The fourth-order valence-electron chi connectivity index (χ4n) is 3.57. The first-order chi connectivity index (χ1) is 17.8. The molecule has 188 valence electrons. The van der Waals surface area contributed by atoms with Crippen molar-refractivity contribution in [2.24, 2.45) is 5.73 Å². The van der Waals surface area contributed by atoms with Gasteiger partial charge in [-0.05, 0) is 48.5 Å². The first-order valence-electron chi connectivity index (χ1n) is 11.0. The average molecular weight is 540 g/mol. The standard InChI is InChI=1S/C26H20Cl2FN5O3/c27-17-7-14(12-31)8-19(11-17)37-25-20(28)3-1-15(24(25)29)13-32-26(36)22-10-16-9-18(2-4-21(16)34-22)33-23(35)5-6-30/h1-4,7-11,34H,5-6,13,30H2,(H,32,36)(H,33,35). The molecule has 0 aliphatic rings. The van der Waals surface area contributed by atoms with Gasteiger partial charge < -0.3 is 26.1 Å². The largest absolute Gasteiger partial charge is 0.453 e. The Bertz CT molecular complexity index is 1550. The van der Waals surface area contributed by atoms with Gasteiger partial charge in [-0.25, -0.2) is 4.39 Å². The summed E-state index contributed by atoms with van der Waals surface area (Å²) in [4.78, 5) is 27.5. The predicted octanol–water partition coefficient (Wildman–Crippen LogP) is 5.50. The number of hydrogen-bond acceptors (Lipinski definition) is 5. The van der Waals surface area contributed by atoms with Crippen molar-refractivity contribution in [2.45, 2.75) is 13.0 Å². The van der Waals surface area contributed by atoms with E-state index in [-0.39, 0.29) is 63.8 Å². The molecular weight excluding hydrogens is 520 g/mol. The van der Waals surface area contributed by atoms with Crippen LogP contribution >= 0.6 is 23.2 Å². The summed E-state index contributed by atoms with van der Waals surface area (Å²) < 4.78 is 20.8. The Morgan fingerprint density at radius 2 is 1.92 bits per heavy atom. The molecule has 0 aliphatic carbocycles. The molecule has 1 heterocycles. The fourth-order valence-corrected chi connectivity index (χ4v) is 3.98. The summed E-state index contributed by atoms with van der Waals surface area (Å²) >= 11 is 12.1. The molecule has 0 saturated carbocycles. The van der Waals surface area contributed by atoms with Gasteiger partial charge in [0.1, 0.15) is 11.4 Å². The summed E-state index contributed by atoms with van der Waals surface area (Å²) in [5.41, 5.74) is 7.30. The number of aromatic amines is 1. The van der Waals surface area contributed by atoms with Gasteiger partial charge in [-0.3, -0.25) is 9.59 Å². The number of nitrogens with two attached hydrogens (primary N) is 1. The van der Waals surface area contributed by atoms with E-state index in [1.165, 1.54) is 30.3 Å². The SMILES string of the molecule is N#Cc1cc(Cl)cc(Oc2c(Cl)ccc(CNC(=O)c3cc4cc(NC(=O)CCN)ccc4[nH]3)c2F)c1. The number of halogens is 3. The van der Waals surface area contributed by atoms with Gasteiger partial charge in [0.15, 0.2) is 11.6 Å². The average Bonchev–Trinajstić information content (AvgIpc) is 3.29. The molecule has 0 aliphatic heterocycles. The van der Waals surface area contributed by atoms with E-state index in [2.05, 4.69) is 15.6 Å². The van der Waals surface area contributed by atoms with Crippen LogP contribution in [0.25, 0.3) is 10.9 Å². The minimum atomic E-state index is -0.763. The van der Waals surface area contributed by atoms with Crippen LogP contribution in [0, 0.1) is 17.1 Å². The van der Waals surface area contributed by atoms with Gasteiger partial charge in [0.2, 0.25) is 5.91 Å². The van der Waals surface area contributed by atoms with E-state index < -0.39 is 11.7 Å². The van der Waals surface area contributed by atoms with E-state index in [0.717, 1.165) is 0 Å². The lowest BCUT2D eigenvalue weighted by Gasteiger charge is -2.13. The molecular formula is C26H20Cl2FN5O3. The number of H-pyrrole nitrogens is 1. The number of ether oxygens (including phenoxy) is 1. The van der Waals surface area contributed by atoms with Gasteiger partial charge in [0.05, 0.1) is 16.7 Å². The van der Waals surface area contributed by atoms with Gasteiger partial charge in [-0.1, -0.05) is 29.3 Å². The molecule has 0 spiro atoms. The van der Waals surface area contributed by atoms with E-state index in [4.69, 9.17) is 38.9 Å². The minimum absolute atomic E-state index is 0.0102. The van der Waals surface area contributed by atoms with Crippen molar-refractivity contribution < 1.29 is 18.7 Å². The van der Waals surface area contributed by atoms with Gasteiger partial charge in [-0.2, -0.15) is 5.26 Å². The molecule has 11 heteroatoms. The lowest BCUT2D eigenvalue weighted by Crippen LogP contribution is -2.23. The molecule has 8 nitrogen and oxygen atoms in total. The number of nitrogens with one attached hydrogen (secondary N) is 3. The van der Waals surface area contributed by atoms with Crippen molar-refractivity contribution in [3.05, 3.63) is 87.3 Å². The number of aromatic nitrogens is 1. The topological polar surface area (TPSA) is 133 Å². The van der Waals surface area contributed by atoms with Crippen LogP contribution in [0.2, 0.25) is 10.0 Å². The van der Waals surface area contributed by atoms with Crippen LogP contribution in [0.1, 0.15) is 28.0 Å². The Kier molecular flexibility index (Phi) is 7.94. The van der Waals surface area contributed by atoms with E-state index in [1.54, 1.807) is 24.3 Å². The van der Waals surface area contributed by atoms with Crippen molar-refractivity contribution in [2.75, 3.05) is 11.9 Å². The second kappa shape index (κ2) is 11.3. The number of amides is 2. The smallest absolute Gasteiger partial charge is 0.267 e. The minimum Gasteiger partial charge on any atom is -0.453 e. The maximum absolute atomic E-state index is 15.2. The monoisotopic (exact) mass is 539 g/mol. The zero-order valence-corrected chi connectivity index (χ0v) is 20.7. The molecule has 0 bridgehead atoms. The lowest BCUT2D eigenvalue weighted by atomic mass is 10.2. The Balaban J connectivity index is 1.48. The molecule has 3 aromatic carbocycles. The van der Waals surface area contributed by atoms with Crippen LogP contribution in [0.3, 0.4) is 0 Å². The third-order valence-electron chi connectivity index (χ3n) is 5.31. The van der Waals surface area contributed by atoms with Crippen LogP contribution in [-0.2, 0) is 11.3 Å². The van der Waals surface area contributed by atoms with E-state index in [1.807, 2.05) is 6.07 Å². The van der Waals surface area contributed by atoms with Crippen molar-refractivity contribution in [3.8, 4) is 17.6 Å². The highest BCUT2D eigenvalue weighted by atomic mass is 35.5. The van der Waals surface area contributed by atoms with Gasteiger partial charge in [0, 0.05) is 46.7 Å². The Morgan fingerprint density at radius 1 is 1.11 bits per heavy atom. The molecule has 0 atom stereocenters. The van der Waals surface area contributed by atoms with Gasteiger partial charge in [0.25, 0.3) is 5.91 Å². The lowest BCUT2D eigenvalue weighted by molar-refractivity contribution is -0.116. The number of benzene rings is 3. The van der Waals surface area contributed by atoms with Crippen LogP contribution < -0.4 is 21.1 Å². The zero-order valence-electron chi connectivity index (χ0n) is 19.2. The molecule has 0 radical (unpaired) electrons. The first-order valence-corrected chi connectivity index (χ1v) is 11.8. The van der Waals surface area contributed by atoms with E-state index in [0.29, 0.717) is 16.6 Å². The first kappa shape index (κ1) is 26.0. The Morgan fingerprint density at radius 3 is 2.68 bits per heavy atom. The van der Waals surface area contributed by atoms with Crippen molar-refractivity contribution in [1.82, 2.24) is 10.3 Å². The molecule has 4 rings (SSSR count). The number of nitriles is 1. The maximum Gasteiger partial charge on any atom is 0.267 e. The second-order valence-corrected chi connectivity index (χ2v) is 8.84. The van der Waals surface area contributed by atoms with Crippen LogP contribution in [0.4, 0.5) is 10.1 Å². The number of nitrogens with zero attached hydrogens (tertiary/aromatic N) is 1. The normalized spacial score (nSPS) is 10.7. The number of rotatable bonds is 8. The third kappa shape index (κ3) is 6.19. The molecule has 4 aromatic rings. The number of fused-ring (bicyclic) bond motifs is 1. The molecule has 0 fully saturated rings. The predicted molar refractivity (Wildman–Crippen MR) is 139 cm³/mol. The third-order valence-corrected chi connectivity index (χ3v) is 5.83. The fraction of sp³-hybridized carbons (Fsp3) is 0.115. The number of anilines is 1. The summed E-state index contributed by atoms with van der Waals surface area (Å²) in [7, 11) is 0. The number of carbonyl (C=O) groups excluding carboxylic acids is 2. The number of carbonyl (C=O) groups is 2. The summed E-state index contributed by atoms with van der Waals surface area (Å²) in [6, 6.07) is 15.9. The summed E-state index contributed by atoms with van der Waals surface area (Å²) in [6.07, 6.45) is 0.201. The maximum atomic E-state index is 15.2. The molecule has 0 saturated heterocycles. The molecule has 1 aromatic heterocycles. The highest BCUT2D eigenvalue weighted by Gasteiger charge is 2.17. The van der Waals surface area contributed by atoms with Gasteiger partial charge in [-0.15, -0.1) is 0 Å². The highest BCUT2D eigenvalue weighted by molar-refractivity contribution is 6.32. The van der Waals surface area contributed by atoms with E-state index in [9.17, 15) is 9.59 Å². The highest BCUT2D eigenvalue weighted by Crippen LogP contribution is 2.35.